The molecule has 0 bridgehead atoms. The number of nitrogens with zero attached hydrogens (tertiary/aromatic N) is 1. The molecule has 0 aliphatic carbocycles. The molecule has 1 heterocycles. The smallest absolute Gasteiger partial charge is 0.267 e. The fourth-order valence-corrected chi connectivity index (χ4v) is 3.31. The molecule has 122 valence electrons. The maximum absolute atomic E-state index is 12.5. The van der Waals surface area contributed by atoms with Crippen LogP contribution in [-0.4, -0.2) is 10.9 Å². The lowest BCUT2D eigenvalue weighted by molar-refractivity contribution is 0.103. The predicted molar refractivity (Wildman–Crippen MR) is 100 cm³/mol. The largest absolute Gasteiger partial charge is 0.331 e. The summed E-state index contributed by atoms with van der Waals surface area (Å²) in [5, 5.41) is 6.96. The van der Waals surface area contributed by atoms with E-state index in [0.29, 0.717) is 4.88 Å². The molecule has 0 atom stereocenters. The van der Waals surface area contributed by atoms with Gasteiger partial charge in [-0.25, -0.2) is 4.98 Å². The van der Waals surface area contributed by atoms with Crippen LogP contribution in [0.4, 0.5) is 16.5 Å². The van der Waals surface area contributed by atoms with E-state index in [2.05, 4.69) is 28.6 Å². The predicted octanol–water partition coefficient (Wildman–Crippen LogP) is 5.01. The highest BCUT2D eigenvalue weighted by Gasteiger charge is 2.16. The lowest BCUT2D eigenvalue weighted by atomic mass is 10.1. The zero-order chi connectivity index (χ0) is 16.9. The highest BCUT2D eigenvalue weighted by Crippen LogP contribution is 2.28. The molecule has 0 aliphatic rings. The Morgan fingerprint density at radius 1 is 1.08 bits per heavy atom. The van der Waals surface area contributed by atoms with Crippen molar-refractivity contribution in [2.75, 3.05) is 10.6 Å². The Hall–Kier alpha value is -2.66. The quantitative estimate of drug-likeness (QED) is 0.688. The summed E-state index contributed by atoms with van der Waals surface area (Å²) >= 11 is 1.37. The molecule has 5 heteroatoms. The van der Waals surface area contributed by atoms with Crippen molar-refractivity contribution in [1.29, 1.82) is 0 Å². The maximum Gasteiger partial charge on any atom is 0.267 e. The normalized spacial score (nSPS) is 10.4. The first kappa shape index (κ1) is 16.2. The number of carbonyl (C=O) groups is 1. The van der Waals surface area contributed by atoms with Crippen molar-refractivity contribution in [3.63, 3.8) is 0 Å². The minimum Gasteiger partial charge on any atom is -0.331 e. The highest BCUT2D eigenvalue weighted by atomic mass is 32.1. The number of aryl methyl sites for hydroxylation is 2. The third-order valence-electron chi connectivity index (χ3n) is 3.67. The van der Waals surface area contributed by atoms with Gasteiger partial charge in [-0.05, 0) is 37.1 Å². The van der Waals surface area contributed by atoms with E-state index in [9.17, 15) is 4.79 Å². The number of benzene rings is 2. The van der Waals surface area contributed by atoms with Gasteiger partial charge in [0.2, 0.25) is 0 Å². The van der Waals surface area contributed by atoms with Crippen molar-refractivity contribution in [3.8, 4) is 0 Å². The minimum atomic E-state index is -0.131. The van der Waals surface area contributed by atoms with Crippen molar-refractivity contribution >= 4 is 33.8 Å². The van der Waals surface area contributed by atoms with Crippen LogP contribution in [0.3, 0.4) is 0 Å². The molecule has 24 heavy (non-hydrogen) atoms. The van der Waals surface area contributed by atoms with Crippen molar-refractivity contribution < 1.29 is 4.79 Å². The summed E-state index contributed by atoms with van der Waals surface area (Å²) in [5.41, 5.74) is 3.76. The molecular formula is C19H19N3OS. The van der Waals surface area contributed by atoms with E-state index in [1.807, 2.05) is 55.5 Å². The van der Waals surface area contributed by atoms with Gasteiger partial charge in [0.1, 0.15) is 4.88 Å². The Kier molecular flexibility index (Phi) is 4.91. The molecule has 0 spiro atoms. The van der Waals surface area contributed by atoms with E-state index in [4.69, 9.17) is 0 Å². The van der Waals surface area contributed by atoms with Crippen LogP contribution in [0.15, 0.2) is 54.6 Å². The molecule has 1 aromatic heterocycles. The number of amides is 1. The average molecular weight is 337 g/mol. The van der Waals surface area contributed by atoms with Gasteiger partial charge < -0.3 is 10.6 Å². The fraction of sp³-hybridized carbons (Fsp3) is 0.158. The second-order valence-electron chi connectivity index (χ2n) is 5.39. The van der Waals surface area contributed by atoms with Crippen LogP contribution >= 0.6 is 11.3 Å². The summed E-state index contributed by atoms with van der Waals surface area (Å²) in [6, 6.07) is 17.6. The molecule has 1 amide bonds. The lowest BCUT2D eigenvalue weighted by Gasteiger charge is -2.07. The Balaban J connectivity index is 1.79. The minimum absolute atomic E-state index is 0.131. The number of anilines is 3. The zero-order valence-corrected chi connectivity index (χ0v) is 14.5. The summed E-state index contributed by atoms with van der Waals surface area (Å²) in [6.07, 6.45) is 0.939. The van der Waals surface area contributed by atoms with Gasteiger partial charge in [0, 0.05) is 11.4 Å². The van der Waals surface area contributed by atoms with Gasteiger partial charge in [-0.1, -0.05) is 54.7 Å². The molecule has 4 nitrogen and oxygen atoms in total. The molecule has 0 aliphatic heterocycles. The summed E-state index contributed by atoms with van der Waals surface area (Å²) in [6.45, 7) is 3.97. The van der Waals surface area contributed by atoms with E-state index < -0.39 is 0 Å². The molecular weight excluding hydrogens is 318 g/mol. The average Bonchev–Trinajstić information content (AvgIpc) is 2.97. The number of aromatic nitrogens is 1. The number of nitrogens with one attached hydrogen (secondary N) is 2. The van der Waals surface area contributed by atoms with E-state index in [1.54, 1.807) is 0 Å². The van der Waals surface area contributed by atoms with Gasteiger partial charge in [0.05, 0.1) is 5.69 Å². The lowest BCUT2D eigenvalue weighted by Crippen LogP contribution is -2.11. The van der Waals surface area contributed by atoms with Crippen LogP contribution in [0, 0.1) is 6.92 Å². The first-order chi connectivity index (χ1) is 11.7. The third kappa shape index (κ3) is 3.63. The SMILES string of the molecule is CCc1ccccc1Nc1nc(C)c(C(=O)Nc2ccccc2)s1. The maximum atomic E-state index is 12.5. The number of para-hydroxylation sites is 2. The van der Waals surface area contributed by atoms with Crippen molar-refractivity contribution in [2.24, 2.45) is 0 Å². The summed E-state index contributed by atoms with van der Waals surface area (Å²) in [7, 11) is 0. The monoisotopic (exact) mass is 337 g/mol. The topological polar surface area (TPSA) is 54.0 Å². The second kappa shape index (κ2) is 7.27. The van der Waals surface area contributed by atoms with Crippen LogP contribution < -0.4 is 10.6 Å². The van der Waals surface area contributed by atoms with Gasteiger partial charge >= 0.3 is 0 Å². The van der Waals surface area contributed by atoms with Gasteiger partial charge in [-0.15, -0.1) is 0 Å². The molecule has 3 aromatic rings. The number of hydrogen-bond acceptors (Lipinski definition) is 4. The molecule has 0 unspecified atom stereocenters. The van der Waals surface area contributed by atoms with Crippen molar-refractivity contribution in [2.45, 2.75) is 20.3 Å². The van der Waals surface area contributed by atoms with Crippen molar-refractivity contribution in [3.05, 3.63) is 70.7 Å². The molecule has 0 radical (unpaired) electrons. The van der Waals surface area contributed by atoms with Crippen LogP contribution in [0.5, 0.6) is 0 Å². The Morgan fingerprint density at radius 2 is 1.79 bits per heavy atom. The molecule has 0 saturated heterocycles. The molecule has 3 rings (SSSR count). The molecule has 2 N–H and O–H groups in total. The standard InChI is InChI=1S/C19H19N3OS/c1-3-14-9-7-8-12-16(14)22-19-20-13(2)17(24-19)18(23)21-15-10-5-4-6-11-15/h4-12H,3H2,1-2H3,(H,20,22)(H,21,23). The van der Waals surface area contributed by atoms with E-state index >= 15 is 0 Å². The number of carbonyl (C=O) groups excluding carboxylic acids is 1. The summed E-state index contributed by atoms with van der Waals surface area (Å²) < 4.78 is 0. The second-order valence-corrected chi connectivity index (χ2v) is 6.39. The van der Waals surface area contributed by atoms with Crippen LogP contribution in [-0.2, 0) is 6.42 Å². The van der Waals surface area contributed by atoms with Crippen LogP contribution in [0.2, 0.25) is 0 Å². The highest BCUT2D eigenvalue weighted by molar-refractivity contribution is 7.17. The first-order valence-corrected chi connectivity index (χ1v) is 8.67. The third-order valence-corrected chi connectivity index (χ3v) is 4.75. The summed E-state index contributed by atoms with van der Waals surface area (Å²) in [5.74, 6) is -0.131. The molecule has 0 fully saturated rings. The van der Waals surface area contributed by atoms with E-state index in [-0.39, 0.29) is 5.91 Å². The zero-order valence-electron chi connectivity index (χ0n) is 13.7. The fourth-order valence-electron chi connectivity index (χ4n) is 2.44. The number of thiazole rings is 1. The van der Waals surface area contributed by atoms with E-state index in [1.165, 1.54) is 16.9 Å². The van der Waals surface area contributed by atoms with Gasteiger partial charge in [0.15, 0.2) is 5.13 Å². The number of hydrogen-bond donors (Lipinski definition) is 2. The van der Waals surface area contributed by atoms with Gasteiger partial charge in [0.25, 0.3) is 5.91 Å². The Bertz CT molecular complexity index is 843. The molecule has 0 saturated carbocycles. The van der Waals surface area contributed by atoms with Gasteiger partial charge in [-0.3, -0.25) is 4.79 Å². The number of rotatable bonds is 5. The first-order valence-electron chi connectivity index (χ1n) is 7.86. The van der Waals surface area contributed by atoms with Crippen LogP contribution in [0.1, 0.15) is 27.9 Å². The van der Waals surface area contributed by atoms with Crippen LogP contribution in [0.25, 0.3) is 0 Å². The van der Waals surface area contributed by atoms with Gasteiger partial charge in [-0.2, -0.15) is 0 Å². The van der Waals surface area contributed by atoms with Crippen molar-refractivity contribution in [1.82, 2.24) is 4.98 Å². The Labute approximate surface area is 145 Å². The summed E-state index contributed by atoms with van der Waals surface area (Å²) in [4.78, 5) is 17.6. The van der Waals surface area contributed by atoms with E-state index in [0.717, 1.165) is 28.6 Å². The Morgan fingerprint density at radius 3 is 2.54 bits per heavy atom. The molecule has 2 aromatic carbocycles.